The highest BCUT2D eigenvalue weighted by atomic mass is 16.5. The Labute approximate surface area is 245 Å². The maximum atomic E-state index is 13.7. The smallest absolute Gasteiger partial charge is 0.236 e. The molecule has 1 aromatic carbocycles. The standard InChI is InChI=1S/C34H47N5O2/c1-7-25(26-8-12-35-13-9-26)20-36-19-24(4)29-30(28-17-22(2)16-23(3)18-28)37-38-33(29)41-21-34(5,6)32(40)31-27-10-14-39(31)15-11-27/h8-9,12-13,16-18,24-25,27,31,36H,7,10-11,14-15,19-21H2,1-6H3,(H,37,38)/t24-,25?,31?/m1/s1. The number of piperidine rings is 1. The number of ether oxygens (including phenoxy) is 1. The molecule has 3 aromatic rings. The summed E-state index contributed by atoms with van der Waals surface area (Å²) in [4.78, 5) is 20.2. The molecule has 0 spiro atoms. The van der Waals surface area contributed by atoms with E-state index in [1.807, 2.05) is 26.2 Å². The lowest BCUT2D eigenvalue weighted by atomic mass is 9.81. The van der Waals surface area contributed by atoms with Crippen molar-refractivity contribution < 1.29 is 9.53 Å². The van der Waals surface area contributed by atoms with Gasteiger partial charge in [-0.15, -0.1) is 5.10 Å². The van der Waals surface area contributed by atoms with Crippen molar-refractivity contribution in [1.29, 1.82) is 0 Å². The average Bonchev–Trinajstić information content (AvgIpc) is 3.68. The molecule has 2 aliphatic rings. The van der Waals surface area contributed by atoms with Crippen LogP contribution in [-0.2, 0) is 4.79 Å². The molecule has 2 bridgehead atoms. The summed E-state index contributed by atoms with van der Waals surface area (Å²) in [5.74, 6) is 1.98. The molecule has 7 heteroatoms. The second-order valence-corrected chi connectivity index (χ2v) is 13.0. The van der Waals surface area contributed by atoms with E-state index in [9.17, 15) is 4.79 Å². The van der Waals surface area contributed by atoms with Crippen molar-refractivity contribution in [3.8, 4) is 17.1 Å². The fourth-order valence-corrected chi connectivity index (χ4v) is 6.86. The van der Waals surface area contributed by atoms with Gasteiger partial charge in [-0.25, -0.2) is 0 Å². The molecule has 2 aliphatic heterocycles. The van der Waals surface area contributed by atoms with Crippen LogP contribution in [0.2, 0.25) is 0 Å². The predicted molar refractivity (Wildman–Crippen MR) is 164 cm³/mol. The van der Waals surface area contributed by atoms with Crippen LogP contribution in [0.15, 0.2) is 42.7 Å². The molecule has 0 aliphatic carbocycles. The Morgan fingerprint density at radius 1 is 1.12 bits per heavy atom. The SMILES string of the molecule is CCC(CNC[C@@H](C)c1c(OCC(C)(C)C(=O)C2C3CCN2CC3)n[nH]c1-c1cc(C)cc(C)c1)c1ccncc1. The Morgan fingerprint density at radius 3 is 2.41 bits per heavy atom. The van der Waals surface area contributed by atoms with Gasteiger partial charge in [-0.1, -0.05) is 31.0 Å². The van der Waals surface area contributed by atoms with E-state index in [2.05, 4.69) is 83.4 Å². The van der Waals surface area contributed by atoms with Crippen LogP contribution in [0, 0.1) is 25.2 Å². The van der Waals surface area contributed by atoms with E-state index in [4.69, 9.17) is 4.74 Å². The van der Waals surface area contributed by atoms with Gasteiger partial charge < -0.3 is 10.1 Å². The first-order chi connectivity index (χ1) is 19.7. The number of carbonyl (C=O) groups excluding carboxylic acids is 1. The second kappa shape index (κ2) is 12.5. The average molecular weight is 558 g/mol. The van der Waals surface area contributed by atoms with Crippen LogP contribution < -0.4 is 10.1 Å². The number of hydrogen-bond donors (Lipinski definition) is 2. The van der Waals surface area contributed by atoms with E-state index < -0.39 is 5.41 Å². The van der Waals surface area contributed by atoms with E-state index in [1.165, 1.54) is 16.7 Å². The number of H-pyrrole nitrogens is 1. The molecule has 2 fully saturated rings. The number of nitrogens with one attached hydrogen (secondary N) is 2. The number of Topliss-reactive ketones (excluding diaryl/α,β-unsaturated/α-hetero) is 1. The maximum absolute atomic E-state index is 13.7. The third-order valence-corrected chi connectivity index (χ3v) is 9.20. The third kappa shape index (κ3) is 6.41. The molecule has 2 aromatic heterocycles. The fourth-order valence-electron chi connectivity index (χ4n) is 6.86. The van der Waals surface area contributed by atoms with Crippen LogP contribution in [-0.4, -0.2) is 64.7 Å². The van der Waals surface area contributed by atoms with Crippen LogP contribution in [0.4, 0.5) is 0 Å². The molecule has 3 atom stereocenters. The van der Waals surface area contributed by atoms with E-state index in [0.717, 1.165) is 62.3 Å². The molecule has 0 radical (unpaired) electrons. The highest BCUT2D eigenvalue weighted by Crippen LogP contribution is 2.40. The molecule has 41 heavy (non-hydrogen) atoms. The highest BCUT2D eigenvalue weighted by molar-refractivity contribution is 5.90. The number of ketones is 1. The van der Waals surface area contributed by atoms with Gasteiger partial charge in [0.1, 0.15) is 6.61 Å². The van der Waals surface area contributed by atoms with Gasteiger partial charge in [0, 0.05) is 42.5 Å². The molecule has 2 N–H and O–H groups in total. The number of pyridine rings is 1. The molecule has 2 unspecified atom stereocenters. The topological polar surface area (TPSA) is 83.1 Å². The first-order valence-corrected chi connectivity index (χ1v) is 15.4. The Morgan fingerprint density at radius 2 is 1.80 bits per heavy atom. The molecule has 7 nitrogen and oxygen atoms in total. The molecule has 220 valence electrons. The van der Waals surface area contributed by atoms with E-state index in [-0.39, 0.29) is 12.0 Å². The van der Waals surface area contributed by atoms with Crippen LogP contribution in [0.25, 0.3) is 11.3 Å². The lowest BCUT2D eigenvalue weighted by Crippen LogP contribution is -2.44. The van der Waals surface area contributed by atoms with Gasteiger partial charge in [0.15, 0.2) is 5.78 Å². The number of rotatable bonds is 13. The number of benzene rings is 1. The second-order valence-electron chi connectivity index (χ2n) is 13.0. The van der Waals surface area contributed by atoms with E-state index in [0.29, 0.717) is 30.1 Å². The van der Waals surface area contributed by atoms with Crippen molar-refractivity contribution in [2.24, 2.45) is 11.3 Å². The van der Waals surface area contributed by atoms with Gasteiger partial charge >= 0.3 is 0 Å². The predicted octanol–water partition coefficient (Wildman–Crippen LogP) is 6.04. The normalized spacial score (nSPS) is 21.7. The summed E-state index contributed by atoms with van der Waals surface area (Å²) < 4.78 is 6.46. The highest BCUT2D eigenvalue weighted by Gasteiger charge is 2.48. The van der Waals surface area contributed by atoms with Crippen molar-refractivity contribution in [2.75, 3.05) is 32.8 Å². The van der Waals surface area contributed by atoms with Gasteiger partial charge in [0.05, 0.1) is 17.2 Å². The van der Waals surface area contributed by atoms with Gasteiger partial charge in [-0.05, 0) is 102 Å². The Kier molecular flexibility index (Phi) is 8.95. The van der Waals surface area contributed by atoms with Gasteiger partial charge in [-0.3, -0.25) is 19.8 Å². The van der Waals surface area contributed by atoms with E-state index in [1.54, 1.807) is 0 Å². The number of nitrogens with zero attached hydrogens (tertiary/aromatic N) is 3. The third-order valence-electron chi connectivity index (χ3n) is 9.20. The quantitative estimate of drug-likeness (QED) is 0.266. The first-order valence-electron chi connectivity index (χ1n) is 15.4. The maximum Gasteiger partial charge on any atom is 0.236 e. The largest absolute Gasteiger partial charge is 0.475 e. The van der Waals surface area contributed by atoms with Crippen molar-refractivity contribution in [1.82, 2.24) is 25.4 Å². The zero-order valence-corrected chi connectivity index (χ0v) is 25.7. The van der Waals surface area contributed by atoms with Crippen LogP contribution in [0.3, 0.4) is 0 Å². The van der Waals surface area contributed by atoms with Gasteiger partial charge in [0.2, 0.25) is 5.88 Å². The monoisotopic (exact) mass is 557 g/mol. The Bertz CT molecular complexity index is 1290. The zero-order valence-electron chi connectivity index (χ0n) is 25.7. The van der Waals surface area contributed by atoms with Crippen LogP contribution in [0.5, 0.6) is 5.88 Å². The Balaban J connectivity index is 1.34. The van der Waals surface area contributed by atoms with Gasteiger partial charge in [0.25, 0.3) is 0 Å². The fraction of sp³-hybridized carbons (Fsp3) is 0.559. The van der Waals surface area contributed by atoms with Gasteiger partial charge in [-0.2, -0.15) is 0 Å². The number of aryl methyl sites for hydroxylation is 2. The van der Waals surface area contributed by atoms with Crippen molar-refractivity contribution in [3.05, 3.63) is 65.0 Å². The molecule has 5 rings (SSSR count). The van der Waals surface area contributed by atoms with Crippen molar-refractivity contribution in [2.45, 2.75) is 78.7 Å². The summed E-state index contributed by atoms with van der Waals surface area (Å²) in [5.41, 5.74) is 6.31. The number of carbonyl (C=O) groups is 1. The minimum atomic E-state index is -0.591. The zero-order chi connectivity index (χ0) is 29.1. The number of aromatic nitrogens is 3. The summed E-state index contributed by atoms with van der Waals surface area (Å²) in [5, 5.41) is 11.7. The van der Waals surface area contributed by atoms with Crippen molar-refractivity contribution in [3.63, 3.8) is 0 Å². The molecule has 4 heterocycles. The summed E-state index contributed by atoms with van der Waals surface area (Å²) in [7, 11) is 0. The lowest BCUT2D eigenvalue weighted by Gasteiger charge is -2.29. The minimum Gasteiger partial charge on any atom is -0.475 e. The molecule has 2 saturated heterocycles. The molecule has 0 saturated carbocycles. The van der Waals surface area contributed by atoms with Crippen LogP contribution in [0.1, 0.15) is 81.0 Å². The molecular formula is C34H47N5O2. The molecular weight excluding hydrogens is 510 g/mol. The number of hydrogen-bond acceptors (Lipinski definition) is 6. The summed E-state index contributed by atoms with van der Waals surface area (Å²) in [6.45, 7) is 16.8. The lowest BCUT2D eigenvalue weighted by molar-refractivity contribution is -0.133. The minimum absolute atomic E-state index is 0.0492. The molecule has 0 amide bonds. The van der Waals surface area contributed by atoms with E-state index >= 15 is 0 Å². The summed E-state index contributed by atoms with van der Waals surface area (Å²) in [6.07, 6.45) is 7.07. The van der Waals surface area contributed by atoms with Crippen LogP contribution >= 0.6 is 0 Å². The number of aromatic amines is 1. The first kappa shape index (κ1) is 29.5. The van der Waals surface area contributed by atoms with Crippen molar-refractivity contribution >= 4 is 5.78 Å². The Hall–Kier alpha value is -3.03. The summed E-state index contributed by atoms with van der Waals surface area (Å²) >= 11 is 0. The summed E-state index contributed by atoms with van der Waals surface area (Å²) in [6, 6.07) is 10.8. The number of fused-ring (bicyclic) bond motifs is 2.